The summed E-state index contributed by atoms with van der Waals surface area (Å²) in [6.07, 6.45) is 6.50. The number of carbonyl (C=O) groups excluding carboxylic acids is 1. The zero-order valence-corrected chi connectivity index (χ0v) is 13.6. The molecule has 1 fully saturated rings. The van der Waals surface area contributed by atoms with Gasteiger partial charge in [0, 0.05) is 25.0 Å². The fourth-order valence-corrected chi connectivity index (χ4v) is 3.40. The molecule has 1 saturated heterocycles. The lowest BCUT2D eigenvalue weighted by molar-refractivity contribution is 0.0597. The molecule has 0 aliphatic carbocycles. The molecule has 0 spiro atoms. The number of nitrogens with zero attached hydrogens (tertiary/aromatic N) is 5. The third kappa shape index (κ3) is 2.54. The number of fused-ring (bicyclic) bond motifs is 1. The number of hydrogen-bond donors (Lipinski definition) is 0. The van der Waals surface area contributed by atoms with Gasteiger partial charge in [0.25, 0.3) is 5.91 Å². The van der Waals surface area contributed by atoms with E-state index in [2.05, 4.69) is 15.1 Å². The second kappa shape index (κ2) is 6.03. The van der Waals surface area contributed by atoms with Gasteiger partial charge < -0.3 is 4.90 Å². The number of piperidine rings is 1. The van der Waals surface area contributed by atoms with Crippen LogP contribution in [0.15, 0.2) is 42.7 Å². The van der Waals surface area contributed by atoms with Gasteiger partial charge in [-0.15, -0.1) is 0 Å². The van der Waals surface area contributed by atoms with Gasteiger partial charge in [0.2, 0.25) is 0 Å². The van der Waals surface area contributed by atoms with Crippen LogP contribution >= 0.6 is 0 Å². The molecule has 0 saturated carbocycles. The molecule has 0 unspecified atom stereocenters. The number of carbonyl (C=O) groups is 1. The first-order valence-corrected chi connectivity index (χ1v) is 8.27. The standard InChI is InChI=1S/C18H19N5O/c1-13-12-17-20-10-8-16(23(17)21-13)15-7-3-5-11-22(15)18(24)14-6-2-4-9-19-14/h2,4,6,8-10,12,15H,3,5,7,11H2,1H3/t15-/m0/s1. The molecule has 1 aliphatic heterocycles. The minimum absolute atomic E-state index is 0.00180. The first-order chi connectivity index (χ1) is 11.7. The van der Waals surface area contributed by atoms with Crippen LogP contribution in [0.2, 0.25) is 0 Å². The molecule has 1 aliphatic rings. The summed E-state index contributed by atoms with van der Waals surface area (Å²) in [6, 6.07) is 9.36. The lowest BCUT2D eigenvalue weighted by Crippen LogP contribution is -2.39. The molecule has 122 valence electrons. The summed E-state index contributed by atoms with van der Waals surface area (Å²) in [5, 5.41) is 4.56. The van der Waals surface area contributed by atoms with Crippen LogP contribution in [0, 0.1) is 6.92 Å². The van der Waals surface area contributed by atoms with Crippen LogP contribution < -0.4 is 0 Å². The van der Waals surface area contributed by atoms with Crippen molar-refractivity contribution in [3.05, 3.63) is 59.8 Å². The van der Waals surface area contributed by atoms with Gasteiger partial charge >= 0.3 is 0 Å². The summed E-state index contributed by atoms with van der Waals surface area (Å²) in [5.41, 5.74) is 3.25. The SMILES string of the molecule is Cc1cc2nccc([C@@H]3CCCCN3C(=O)c3ccccn3)n2n1. The predicted octanol–water partition coefficient (Wildman–Crippen LogP) is 2.80. The summed E-state index contributed by atoms with van der Waals surface area (Å²) < 4.78 is 1.87. The highest BCUT2D eigenvalue weighted by Gasteiger charge is 2.31. The number of aromatic nitrogens is 4. The smallest absolute Gasteiger partial charge is 0.273 e. The highest BCUT2D eigenvalue weighted by molar-refractivity contribution is 5.92. The van der Waals surface area contributed by atoms with Crippen molar-refractivity contribution in [2.75, 3.05) is 6.54 Å². The Balaban J connectivity index is 1.75. The number of amides is 1. The summed E-state index contributed by atoms with van der Waals surface area (Å²) in [5.74, 6) is -0.0193. The van der Waals surface area contributed by atoms with Crippen molar-refractivity contribution in [2.24, 2.45) is 0 Å². The molecule has 1 atom stereocenters. The summed E-state index contributed by atoms with van der Waals surface area (Å²) in [6.45, 7) is 2.69. The van der Waals surface area contributed by atoms with E-state index in [1.165, 1.54) is 0 Å². The van der Waals surface area contributed by atoms with E-state index in [4.69, 9.17) is 0 Å². The minimum atomic E-state index is -0.0193. The lowest BCUT2D eigenvalue weighted by Gasteiger charge is -2.35. The van der Waals surface area contributed by atoms with Gasteiger partial charge in [0.1, 0.15) is 5.69 Å². The molecule has 4 heterocycles. The minimum Gasteiger partial charge on any atom is -0.329 e. The van der Waals surface area contributed by atoms with E-state index in [9.17, 15) is 4.79 Å². The molecule has 6 heteroatoms. The summed E-state index contributed by atoms with van der Waals surface area (Å²) in [7, 11) is 0. The van der Waals surface area contributed by atoms with Gasteiger partial charge in [-0.05, 0) is 44.4 Å². The second-order valence-electron chi connectivity index (χ2n) is 6.15. The quantitative estimate of drug-likeness (QED) is 0.728. The maximum Gasteiger partial charge on any atom is 0.273 e. The Hall–Kier alpha value is -2.76. The Morgan fingerprint density at radius 3 is 2.92 bits per heavy atom. The van der Waals surface area contributed by atoms with Crippen molar-refractivity contribution in [1.82, 2.24) is 24.5 Å². The number of likely N-dealkylation sites (tertiary alicyclic amines) is 1. The number of hydrogen-bond acceptors (Lipinski definition) is 4. The van der Waals surface area contributed by atoms with E-state index in [0.29, 0.717) is 5.69 Å². The molecule has 0 N–H and O–H groups in total. The van der Waals surface area contributed by atoms with E-state index < -0.39 is 0 Å². The second-order valence-corrected chi connectivity index (χ2v) is 6.15. The van der Waals surface area contributed by atoms with Crippen molar-refractivity contribution in [2.45, 2.75) is 32.2 Å². The highest BCUT2D eigenvalue weighted by atomic mass is 16.2. The molecule has 6 nitrogen and oxygen atoms in total. The summed E-state index contributed by atoms with van der Waals surface area (Å²) >= 11 is 0. The van der Waals surface area contributed by atoms with Crippen molar-refractivity contribution in [3.63, 3.8) is 0 Å². The Labute approximate surface area is 140 Å². The Kier molecular flexibility index (Phi) is 3.72. The monoisotopic (exact) mass is 321 g/mol. The van der Waals surface area contributed by atoms with Crippen LogP contribution in [-0.2, 0) is 0 Å². The average molecular weight is 321 g/mol. The predicted molar refractivity (Wildman–Crippen MR) is 89.6 cm³/mol. The number of rotatable bonds is 2. The zero-order chi connectivity index (χ0) is 16.5. The van der Waals surface area contributed by atoms with Gasteiger partial charge in [-0.1, -0.05) is 6.07 Å². The van der Waals surface area contributed by atoms with Crippen LogP contribution in [0.5, 0.6) is 0 Å². The molecular formula is C18H19N5O. The summed E-state index contributed by atoms with van der Waals surface area (Å²) in [4.78, 5) is 23.5. The van der Waals surface area contributed by atoms with E-state index in [-0.39, 0.29) is 11.9 Å². The number of pyridine rings is 1. The third-order valence-electron chi connectivity index (χ3n) is 4.50. The van der Waals surface area contributed by atoms with Crippen LogP contribution in [0.1, 0.15) is 47.2 Å². The van der Waals surface area contributed by atoms with E-state index >= 15 is 0 Å². The van der Waals surface area contributed by atoms with Crippen molar-refractivity contribution < 1.29 is 4.79 Å². The third-order valence-corrected chi connectivity index (χ3v) is 4.50. The van der Waals surface area contributed by atoms with Crippen molar-refractivity contribution in [3.8, 4) is 0 Å². The van der Waals surface area contributed by atoms with Gasteiger partial charge in [0.15, 0.2) is 5.65 Å². The van der Waals surface area contributed by atoms with Crippen LogP contribution in [0.4, 0.5) is 0 Å². The van der Waals surface area contributed by atoms with Crippen LogP contribution in [0.25, 0.3) is 5.65 Å². The fourth-order valence-electron chi connectivity index (χ4n) is 3.40. The molecule has 0 radical (unpaired) electrons. The van der Waals surface area contributed by atoms with Crippen LogP contribution in [-0.4, -0.2) is 36.9 Å². The van der Waals surface area contributed by atoms with E-state index in [1.54, 1.807) is 18.5 Å². The molecule has 24 heavy (non-hydrogen) atoms. The molecule has 0 bridgehead atoms. The fraction of sp³-hybridized carbons (Fsp3) is 0.333. The van der Waals surface area contributed by atoms with Crippen molar-refractivity contribution >= 4 is 11.6 Å². The topological polar surface area (TPSA) is 63.4 Å². The number of aryl methyl sites for hydroxylation is 1. The molecule has 3 aromatic rings. The van der Waals surface area contributed by atoms with Crippen LogP contribution in [0.3, 0.4) is 0 Å². The Morgan fingerprint density at radius 1 is 1.17 bits per heavy atom. The molecule has 1 amide bonds. The molecule has 4 rings (SSSR count). The molecular weight excluding hydrogens is 302 g/mol. The Morgan fingerprint density at radius 2 is 2.08 bits per heavy atom. The van der Waals surface area contributed by atoms with E-state index in [0.717, 1.165) is 42.8 Å². The molecule has 0 aromatic carbocycles. The molecule has 3 aromatic heterocycles. The Bertz CT molecular complexity index is 874. The largest absolute Gasteiger partial charge is 0.329 e. The van der Waals surface area contributed by atoms with Gasteiger partial charge in [-0.25, -0.2) is 9.50 Å². The maximum atomic E-state index is 12.9. The van der Waals surface area contributed by atoms with Crippen molar-refractivity contribution in [1.29, 1.82) is 0 Å². The van der Waals surface area contributed by atoms with Gasteiger partial charge in [-0.2, -0.15) is 5.10 Å². The van der Waals surface area contributed by atoms with E-state index in [1.807, 2.05) is 40.6 Å². The normalized spacial score (nSPS) is 18.0. The van der Waals surface area contributed by atoms with Gasteiger partial charge in [0.05, 0.1) is 17.4 Å². The first-order valence-electron chi connectivity index (χ1n) is 8.27. The highest BCUT2D eigenvalue weighted by Crippen LogP contribution is 2.31. The maximum absolute atomic E-state index is 12.9. The average Bonchev–Trinajstić information content (AvgIpc) is 3.02. The van der Waals surface area contributed by atoms with Gasteiger partial charge in [-0.3, -0.25) is 9.78 Å². The lowest BCUT2D eigenvalue weighted by atomic mass is 9.98. The first kappa shape index (κ1) is 14.8. The zero-order valence-electron chi connectivity index (χ0n) is 13.6.